The van der Waals surface area contributed by atoms with Crippen molar-refractivity contribution in [1.29, 1.82) is 0 Å². The molecular formula is C19H18FN4OS3+. The number of aryl methyl sites for hydroxylation is 2. The highest BCUT2D eigenvalue weighted by molar-refractivity contribution is 7.19. The number of thiazole rings is 3. The zero-order chi connectivity index (χ0) is 20.0. The van der Waals surface area contributed by atoms with Crippen LogP contribution >= 0.6 is 34.0 Å². The summed E-state index contributed by atoms with van der Waals surface area (Å²) in [5, 5.41) is 2.98. The van der Waals surface area contributed by atoms with Crippen LogP contribution in [-0.2, 0) is 21.1 Å². The van der Waals surface area contributed by atoms with E-state index >= 15 is 0 Å². The normalized spacial score (nSPS) is 14.0. The summed E-state index contributed by atoms with van der Waals surface area (Å²) >= 11 is 4.50. The summed E-state index contributed by atoms with van der Waals surface area (Å²) in [5.74, 6) is -0.258. The molecule has 0 atom stereocenters. The third-order valence-corrected chi connectivity index (χ3v) is 7.89. The third-order valence-electron chi connectivity index (χ3n) is 4.58. The van der Waals surface area contributed by atoms with Crippen molar-refractivity contribution >= 4 is 56.5 Å². The minimum Gasteiger partial charge on any atom is -0.324 e. The summed E-state index contributed by atoms with van der Waals surface area (Å²) in [5.41, 5.74) is 1.88. The second kappa shape index (κ2) is 7.23. The molecule has 0 amide bonds. The van der Waals surface area contributed by atoms with Crippen LogP contribution in [0, 0.1) is 12.7 Å². The zero-order valence-corrected chi connectivity index (χ0v) is 18.2. The van der Waals surface area contributed by atoms with Gasteiger partial charge < -0.3 is 9.13 Å². The lowest BCUT2D eigenvalue weighted by molar-refractivity contribution is -0.642. The van der Waals surface area contributed by atoms with Crippen LogP contribution in [-0.4, -0.2) is 9.13 Å². The van der Waals surface area contributed by atoms with Crippen LogP contribution in [0.5, 0.6) is 0 Å². The number of hydrogen-bond donors (Lipinski definition) is 0. The molecule has 0 N–H and O–H groups in total. The molecule has 4 aromatic rings. The summed E-state index contributed by atoms with van der Waals surface area (Å²) in [6, 6.07) is 4.77. The molecule has 9 heteroatoms. The molecule has 0 aliphatic carbocycles. The molecule has 0 fully saturated rings. The maximum atomic E-state index is 13.6. The molecule has 0 saturated heterocycles. The molecule has 0 saturated carbocycles. The van der Waals surface area contributed by atoms with Gasteiger partial charge in [-0.05, 0) is 19.1 Å². The summed E-state index contributed by atoms with van der Waals surface area (Å²) in [4.78, 5) is 17.9. The summed E-state index contributed by atoms with van der Waals surface area (Å²) in [6.45, 7) is 2.02. The standard InChI is InChI=1S/C19H18FN4OS3/c1-11-10-26-19(22(11)2)21-9-15-18(25)24(4)17(28-15)8-16-23(3)13-7-12(20)5-6-14(13)27-16/h5-10H,1-4H3/q+1/b15-9-,21-19?. The van der Waals surface area contributed by atoms with Crippen molar-refractivity contribution in [2.45, 2.75) is 6.92 Å². The Kier molecular flexibility index (Phi) is 4.90. The minimum absolute atomic E-state index is 0.0780. The fourth-order valence-corrected chi connectivity index (χ4v) is 5.68. The number of aromatic nitrogens is 3. The average Bonchev–Trinajstić information content (AvgIpc) is 3.25. The van der Waals surface area contributed by atoms with Gasteiger partial charge in [0, 0.05) is 31.2 Å². The molecule has 0 aliphatic rings. The van der Waals surface area contributed by atoms with E-state index in [0.29, 0.717) is 4.53 Å². The number of rotatable bonds is 2. The van der Waals surface area contributed by atoms with Crippen molar-refractivity contribution < 1.29 is 8.96 Å². The summed E-state index contributed by atoms with van der Waals surface area (Å²) < 4.78 is 21.5. The minimum atomic E-state index is -0.258. The molecule has 0 unspecified atom stereocenters. The van der Waals surface area contributed by atoms with E-state index in [0.717, 1.165) is 30.4 Å². The Bertz CT molecular complexity index is 1450. The lowest BCUT2D eigenvalue weighted by atomic mass is 10.3. The molecule has 0 radical (unpaired) electrons. The van der Waals surface area contributed by atoms with Crippen LogP contribution in [0.3, 0.4) is 0 Å². The van der Waals surface area contributed by atoms with Gasteiger partial charge in [-0.2, -0.15) is 4.57 Å². The first-order valence-electron chi connectivity index (χ1n) is 8.46. The monoisotopic (exact) mass is 433 g/mol. The number of hydrogen-bond acceptors (Lipinski definition) is 5. The fraction of sp³-hybridized carbons (Fsp3) is 0.211. The van der Waals surface area contributed by atoms with E-state index in [-0.39, 0.29) is 11.4 Å². The molecule has 3 aromatic heterocycles. The van der Waals surface area contributed by atoms with Gasteiger partial charge >= 0.3 is 0 Å². The van der Waals surface area contributed by atoms with Gasteiger partial charge in [0.25, 0.3) is 10.6 Å². The lowest BCUT2D eigenvalue weighted by Gasteiger charge is -1.91. The number of halogens is 1. The van der Waals surface area contributed by atoms with E-state index in [4.69, 9.17) is 0 Å². The molecule has 0 aliphatic heterocycles. The van der Waals surface area contributed by atoms with Gasteiger partial charge in [-0.25, -0.2) is 9.38 Å². The first-order chi connectivity index (χ1) is 13.3. The Hall–Kier alpha value is -2.36. The van der Waals surface area contributed by atoms with E-state index in [9.17, 15) is 9.18 Å². The van der Waals surface area contributed by atoms with E-state index < -0.39 is 0 Å². The highest BCUT2D eigenvalue weighted by Crippen LogP contribution is 2.21. The second-order valence-corrected chi connectivity index (χ2v) is 9.36. The average molecular weight is 434 g/mol. The SMILES string of the molecule is Cc1csc(=N/C=c2\s/c(=C\c3sc4ccc(F)cc4[n+]3C)n(C)c2=O)n1C. The molecule has 28 heavy (non-hydrogen) atoms. The van der Waals surface area contributed by atoms with Crippen molar-refractivity contribution in [3.05, 3.63) is 64.4 Å². The number of nitrogens with zero attached hydrogens (tertiary/aromatic N) is 4. The van der Waals surface area contributed by atoms with E-state index in [2.05, 4.69) is 4.99 Å². The highest BCUT2D eigenvalue weighted by atomic mass is 32.1. The van der Waals surface area contributed by atoms with Gasteiger partial charge in [0.15, 0.2) is 4.80 Å². The molecule has 0 bridgehead atoms. The lowest BCUT2D eigenvalue weighted by Crippen LogP contribution is -2.31. The van der Waals surface area contributed by atoms with Crippen LogP contribution in [0.15, 0.2) is 33.4 Å². The number of benzene rings is 1. The highest BCUT2D eigenvalue weighted by Gasteiger charge is 2.16. The van der Waals surface area contributed by atoms with Crippen LogP contribution in [0.4, 0.5) is 4.39 Å². The zero-order valence-electron chi connectivity index (χ0n) is 15.8. The fourth-order valence-electron chi connectivity index (χ4n) is 2.75. The van der Waals surface area contributed by atoms with Gasteiger partial charge in [-0.15, -0.1) is 22.7 Å². The quantitative estimate of drug-likeness (QED) is 0.442. The Morgan fingerprint density at radius 1 is 1.21 bits per heavy atom. The molecule has 144 valence electrons. The molecule has 3 heterocycles. The van der Waals surface area contributed by atoms with Crippen LogP contribution in [0.2, 0.25) is 0 Å². The van der Waals surface area contributed by atoms with Crippen molar-refractivity contribution in [3.8, 4) is 0 Å². The Morgan fingerprint density at radius 3 is 2.71 bits per heavy atom. The largest absolute Gasteiger partial charge is 0.324 e. The summed E-state index contributed by atoms with van der Waals surface area (Å²) in [7, 11) is 5.61. The first kappa shape index (κ1) is 19.0. The van der Waals surface area contributed by atoms with Gasteiger partial charge in [-0.1, -0.05) is 11.3 Å². The van der Waals surface area contributed by atoms with Gasteiger partial charge in [0.05, 0.1) is 12.3 Å². The van der Waals surface area contributed by atoms with Crippen molar-refractivity contribution in [1.82, 2.24) is 9.13 Å². The Labute approximate surface area is 171 Å². The molecule has 1 aromatic carbocycles. The smallest absolute Gasteiger partial charge is 0.270 e. The Morgan fingerprint density at radius 2 is 2.00 bits per heavy atom. The molecule has 4 rings (SSSR count). The van der Waals surface area contributed by atoms with Gasteiger partial charge in [0.2, 0.25) is 5.52 Å². The topological polar surface area (TPSA) is 43.2 Å². The second-order valence-electron chi connectivity index (χ2n) is 6.40. The van der Waals surface area contributed by atoms with Crippen LogP contribution in [0.25, 0.3) is 22.5 Å². The maximum absolute atomic E-state index is 13.6. The molecular weight excluding hydrogens is 415 g/mol. The number of fused-ring (bicyclic) bond motifs is 1. The third kappa shape index (κ3) is 3.30. The Balaban J connectivity index is 1.87. The molecule has 5 nitrogen and oxygen atoms in total. The van der Waals surface area contributed by atoms with E-state index in [1.54, 1.807) is 46.6 Å². The van der Waals surface area contributed by atoms with Crippen LogP contribution in [0.1, 0.15) is 10.7 Å². The van der Waals surface area contributed by atoms with Gasteiger partial charge in [-0.3, -0.25) is 4.79 Å². The van der Waals surface area contributed by atoms with Crippen molar-refractivity contribution in [2.24, 2.45) is 26.1 Å². The van der Waals surface area contributed by atoms with Crippen molar-refractivity contribution in [2.75, 3.05) is 0 Å². The maximum Gasteiger partial charge on any atom is 0.270 e. The van der Waals surface area contributed by atoms with Crippen LogP contribution < -0.4 is 24.1 Å². The predicted octanol–water partition coefficient (Wildman–Crippen LogP) is 1.50. The first-order valence-corrected chi connectivity index (χ1v) is 11.0. The predicted molar refractivity (Wildman–Crippen MR) is 113 cm³/mol. The van der Waals surface area contributed by atoms with Gasteiger partial charge in [0.1, 0.15) is 26.8 Å². The molecule has 0 spiro atoms. The van der Waals surface area contributed by atoms with Crippen molar-refractivity contribution in [3.63, 3.8) is 0 Å². The summed E-state index contributed by atoms with van der Waals surface area (Å²) in [6.07, 6.45) is 3.59. The van der Waals surface area contributed by atoms with E-state index in [1.165, 1.54) is 23.5 Å². The van der Waals surface area contributed by atoms with E-state index in [1.807, 2.05) is 41.6 Å².